The summed E-state index contributed by atoms with van der Waals surface area (Å²) >= 11 is 0. The highest BCUT2D eigenvalue weighted by Gasteiger charge is 2.03. The van der Waals surface area contributed by atoms with E-state index in [1.165, 1.54) is 32.1 Å². The fourth-order valence-electron chi connectivity index (χ4n) is 2.44. The van der Waals surface area contributed by atoms with Crippen LogP contribution in [0.4, 0.5) is 0 Å². The molecule has 130 valence electrons. The molecular formula is C18H33O4-. The Labute approximate surface area is 135 Å². The standard InChI is InChI=1S/C18H34O4/c1-2-3-4-5-8-11-14-17(22-21)15-12-9-6-7-10-13-16-18(19)20/h12,15,17,21H,2-11,13-14,16H2,1H3,(H,19,20)/p-1/b15-12+/t17-/m0/s1. The lowest BCUT2D eigenvalue weighted by atomic mass is 10.1. The van der Waals surface area contributed by atoms with E-state index in [0.717, 1.165) is 38.5 Å². The Balaban J connectivity index is 3.47. The minimum Gasteiger partial charge on any atom is -0.550 e. The number of aliphatic carboxylic acids is 1. The largest absolute Gasteiger partial charge is 0.550 e. The highest BCUT2D eigenvalue weighted by atomic mass is 17.1. The van der Waals surface area contributed by atoms with Crippen molar-refractivity contribution in [1.29, 1.82) is 0 Å². The Hall–Kier alpha value is -0.870. The van der Waals surface area contributed by atoms with Crippen LogP contribution in [-0.4, -0.2) is 17.3 Å². The summed E-state index contributed by atoms with van der Waals surface area (Å²) in [6.07, 6.45) is 16.9. The zero-order valence-corrected chi connectivity index (χ0v) is 14.1. The van der Waals surface area contributed by atoms with E-state index in [0.29, 0.717) is 6.42 Å². The zero-order valence-electron chi connectivity index (χ0n) is 14.1. The van der Waals surface area contributed by atoms with Crippen molar-refractivity contribution in [3.05, 3.63) is 12.2 Å². The molecule has 0 saturated heterocycles. The predicted octanol–water partition coefficient (Wildman–Crippen LogP) is 4.24. The second-order valence-electron chi connectivity index (χ2n) is 5.95. The van der Waals surface area contributed by atoms with Gasteiger partial charge in [-0.2, -0.15) is 0 Å². The van der Waals surface area contributed by atoms with Crippen molar-refractivity contribution in [3.63, 3.8) is 0 Å². The van der Waals surface area contributed by atoms with E-state index in [1.807, 2.05) is 6.08 Å². The van der Waals surface area contributed by atoms with Gasteiger partial charge < -0.3 is 9.90 Å². The molecule has 0 radical (unpaired) electrons. The maximum Gasteiger partial charge on any atom is 0.111 e. The molecule has 1 N–H and O–H groups in total. The molecule has 0 aliphatic rings. The third kappa shape index (κ3) is 15.5. The molecule has 0 aromatic carbocycles. The Morgan fingerprint density at radius 1 is 1.05 bits per heavy atom. The predicted molar refractivity (Wildman–Crippen MR) is 87.3 cm³/mol. The molecule has 0 rings (SSSR count). The lowest BCUT2D eigenvalue weighted by molar-refractivity contribution is -0.305. The van der Waals surface area contributed by atoms with Crippen LogP contribution in [0.3, 0.4) is 0 Å². The molecule has 0 fully saturated rings. The molecule has 0 unspecified atom stereocenters. The lowest BCUT2D eigenvalue weighted by Crippen LogP contribution is -2.21. The average Bonchev–Trinajstić information content (AvgIpc) is 2.50. The van der Waals surface area contributed by atoms with Crippen LogP contribution >= 0.6 is 0 Å². The number of carbonyl (C=O) groups is 1. The number of rotatable bonds is 16. The molecule has 0 aliphatic heterocycles. The monoisotopic (exact) mass is 313 g/mol. The number of allylic oxidation sites excluding steroid dienone is 1. The van der Waals surface area contributed by atoms with Crippen molar-refractivity contribution in [2.45, 2.75) is 96.5 Å². The van der Waals surface area contributed by atoms with Crippen LogP contribution < -0.4 is 5.11 Å². The number of carbonyl (C=O) groups excluding carboxylic acids is 1. The van der Waals surface area contributed by atoms with Gasteiger partial charge in [0, 0.05) is 5.97 Å². The van der Waals surface area contributed by atoms with Crippen LogP contribution in [0.2, 0.25) is 0 Å². The van der Waals surface area contributed by atoms with E-state index < -0.39 is 5.97 Å². The number of hydrogen-bond donors (Lipinski definition) is 1. The van der Waals surface area contributed by atoms with Gasteiger partial charge in [0.2, 0.25) is 0 Å². The van der Waals surface area contributed by atoms with Gasteiger partial charge in [-0.25, -0.2) is 4.89 Å². The van der Waals surface area contributed by atoms with Crippen molar-refractivity contribution in [2.75, 3.05) is 0 Å². The van der Waals surface area contributed by atoms with Crippen LogP contribution in [0.5, 0.6) is 0 Å². The normalized spacial score (nSPS) is 12.8. The molecule has 1 atom stereocenters. The number of carboxylic acids is 1. The Kier molecular flexibility index (Phi) is 15.8. The SMILES string of the molecule is CCCCCCCC[C@@H](/C=C/CCCCCCC(=O)[O-])OO. The quantitative estimate of drug-likeness (QED) is 0.200. The van der Waals surface area contributed by atoms with Gasteiger partial charge in [-0.3, -0.25) is 5.26 Å². The smallest absolute Gasteiger partial charge is 0.111 e. The van der Waals surface area contributed by atoms with Gasteiger partial charge in [0.1, 0.15) is 6.10 Å². The molecular weight excluding hydrogens is 280 g/mol. The fourth-order valence-corrected chi connectivity index (χ4v) is 2.44. The maximum absolute atomic E-state index is 10.2. The fraction of sp³-hybridized carbons (Fsp3) is 0.833. The molecule has 0 amide bonds. The summed E-state index contributed by atoms with van der Waals surface area (Å²) in [5, 5.41) is 19.1. The molecule has 4 nitrogen and oxygen atoms in total. The molecule has 22 heavy (non-hydrogen) atoms. The molecule has 0 heterocycles. The van der Waals surface area contributed by atoms with E-state index in [4.69, 9.17) is 5.26 Å². The second kappa shape index (κ2) is 16.5. The van der Waals surface area contributed by atoms with Gasteiger partial charge in [-0.1, -0.05) is 70.4 Å². The minimum absolute atomic E-state index is 0.161. The summed E-state index contributed by atoms with van der Waals surface area (Å²) < 4.78 is 0. The molecule has 0 spiro atoms. The van der Waals surface area contributed by atoms with E-state index in [2.05, 4.69) is 17.9 Å². The number of hydrogen-bond acceptors (Lipinski definition) is 4. The maximum atomic E-state index is 10.2. The summed E-state index contributed by atoms with van der Waals surface area (Å²) in [6, 6.07) is 0. The first kappa shape index (κ1) is 21.1. The average molecular weight is 313 g/mol. The van der Waals surface area contributed by atoms with Crippen LogP contribution in [0, 0.1) is 0 Å². The third-order valence-electron chi connectivity index (χ3n) is 3.83. The number of unbranched alkanes of at least 4 members (excludes halogenated alkanes) is 9. The van der Waals surface area contributed by atoms with Crippen LogP contribution in [0.25, 0.3) is 0 Å². The summed E-state index contributed by atoms with van der Waals surface area (Å²) in [7, 11) is 0. The van der Waals surface area contributed by atoms with Crippen molar-refractivity contribution in [2.24, 2.45) is 0 Å². The van der Waals surface area contributed by atoms with Crippen molar-refractivity contribution in [1.82, 2.24) is 0 Å². The third-order valence-corrected chi connectivity index (χ3v) is 3.83. The Morgan fingerprint density at radius 2 is 1.68 bits per heavy atom. The van der Waals surface area contributed by atoms with Crippen LogP contribution in [-0.2, 0) is 9.68 Å². The zero-order chi connectivity index (χ0) is 16.5. The molecule has 0 aromatic rings. The van der Waals surface area contributed by atoms with Crippen LogP contribution in [0.15, 0.2) is 12.2 Å². The summed E-state index contributed by atoms with van der Waals surface area (Å²) in [5.74, 6) is -0.961. The van der Waals surface area contributed by atoms with Gasteiger partial charge in [-0.05, 0) is 32.1 Å². The summed E-state index contributed by atoms with van der Waals surface area (Å²) in [4.78, 5) is 14.7. The molecule has 0 aromatic heterocycles. The van der Waals surface area contributed by atoms with Crippen molar-refractivity contribution >= 4 is 5.97 Å². The van der Waals surface area contributed by atoms with Gasteiger partial charge in [-0.15, -0.1) is 0 Å². The molecule has 0 bridgehead atoms. The van der Waals surface area contributed by atoms with Crippen LogP contribution in [0.1, 0.15) is 90.4 Å². The van der Waals surface area contributed by atoms with E-state index in [-0.39, 0.29) is 12.5 Å². The lowest BCUT2D eigenvalue weighted by Gasteiger charge is -2.08. The summed E-state index contributed by atoms with van der Waals surface area (Å²) in [6.45, 7) is 2.21. The van der Waals surface area contributed by atoms with Crippen molar-refractivity contribution < 1.29 is 20.0 Å². The van der Waals surface area contributed by atoms with Gasteiger partial charge >= 0.3 is 0 Å². The van der Waals surface area contributed by atoms with Gasteiger partial charge in [0.05, 0.1) is 0 Å². The molecule has 0 aliphatic carbocycles. The van der Waals surface area contributed by atoms with E-state index in [9.17, 15) is 9.90 Å². The van der Waals surface area contributed by atoms with E-state index in [1.54, 1.807) is 0 Å². The highest BCUT2D eigenvalue weighted by molar-refractivity contribution is 5.63. The minimum atomic E-state index is -0.961. The summed E-state index contributed by atoms with van der Waals surface area (Å²) in [5.41, 5.74) is 0. The second-order valence-corrected chi connectivity index (χ2v) is 5.95. The number of carboxylic acid groups (broad SMARTS) is 1. The first-order valence-corrected chi connectivity index (χ1v) is 8.87. The molecule has 0 saturated carbocycles. The van der Waals surface area contributed by atoms with Gasteiger partial charge in [0.25, 0.3) is 0 Å². The topological polar surface area (TPSA) is 69.6 Å². The molecule has 4 heteroatoms. The first-order chi connectivity index (χ1) is 10.7. The highest BCUT2D eigenvalue weighted by Crippen LogP contribution is 2.12. The van der Waals surface area contributed by atoms with E-state index >= 15 is 0 Å². The van der Waals surface area contributed by atoms with Gasteiger partial charge in [0.15, 0.2) is 0 Å². The Morgan fingerprint density at radius 3 is 2.36 bits per heavy atom. The Bertz CT molecular complexity index is 276. The first-order valence-electron chi connectivity index (χ1n) is 8.87. The van der Waals surface area contributed by atoms with Crippen molar-refractivity contribution in [3.8, 4) is 0 Å².